The molecular formula is C33H46ClN3O7. The predicted octanol–water partition coefficient (Wildman–Crippen LogP) is 4.87. The van der Waals surface area contributed by atoms with E-state index in [1.807, 2.05) is 38.1 Å². The molecule has 2 amide bonds. The molecule has 0 radical (unpaired) electrons. The van der Waals surface area contributed by atoms with Crippen molar-refractivity contribution in [1.29, 1.82) is 0 Å². The lowest BCUT2D eigenvalue weighted by atomic mass is 9.79. The number of methoxy groups -OCH3 is 1. The van der Waals surface area contributed by atoms with Crippen molar-refractivity contribution in [2.45, 2.75) is 83.5 Å². The number of amides is 2. The molecule has 242 valence electrons. The third-order valence-corrected chi connectivity index (χ3v) is 9.02. The summed E-state index contributed by atoms with van der Waals surface area (Å²) in [5, 5.41) is 23.2. The number of rotatable bonds is 13. The summed E-state index contributed by atoms with van der Waals surface area (Å²) in [5.41, 5.74) is 0.308. The fourth-order valence-corrected chi connectivity index (χ4v) is 6.27. The Kier molecular flexibility index (Phi) is 12.5. The number of nitrogens with one attached hydrogen (secondary N) is 1. The average Bonchev–Trinajstić information content (AvgIpc) is 3.01. The fraction of sp³-hybridized carbons (Fsp3) is 0.545. The van der Waals surface area contributed by atoms with E-state index in [1.54, 1.807) is 11.0 Å². The van der Waals surface area contributed by atoms with Crippen molar-refractivity contribution in [2.75, 3.05) is 26.7 Å². The summed E-state index contributed by atoms with van der Waals surface area (Å²) in [5.74, 6) is -0.0459. The van der Waals surface area contributed by atoms with E-state index in [0.717, 1.165) is 31.2 Å². The van der Waals surface area contributed by atoms with Gasteiger partial charge >= 0.3 is 5.97 Å². The first kappa shape index (κ1) is 35.1. The number of likely N-dealkylation sites (tertiary alicyclic amines) is 1. The third-order valence-electron chi connectivity index (χ3n) is 9.02. The smallest absolute Gasteiger partial charge is 0.335 e. The molecule has 2 aromatic carbocycles. The molecule has 0 aromatic heterocycles. The largest absolute Gasteiger partial charge is 0.493 e. The van der Waals surface area contributed by atoms with Crippen LogP contribution in [0.15, 0.2) is 42.5 Å². The Balaban J connectivity index is 0.00000529. The van der Waals surface area contributed by atoms with Crippen LogP contribution in [-0.4, -0.2) is 82.2 Å². The van der Waals surface area contributed by atoms with Crippen molar-refractivity contribution in [1.82, 2.24) is 15.1 Å². The second kappa shape index (κ2) is 15.6. The van der Waals surface area contributed by atoms with Gasteiger partial charge in [-0.15, -0.1) is 12.4 Å². The quantitative estimate of drug-likeness (QED) is 0.286. The zero-order chi connectivity index (χ0) is 31.1. The SMILES string of the molecule is CCCCN1C(=O)[C@@H]([C@H](O)C(CC)CC)NC(=O)C12CCN(Cc1ccc(Oc3ccc(C(=O)O)cc3OC)cc1)CC2.Cl. The van der Waals surface area contributed by atoms with Crippen molar-refractivity contribution < 1.29 is 34.1 Å². The van der Waals surface area contributed by atoms with Gasteiger partial charge in [-0.3, -0.25) is 14.5 Å². The van der Waals surface area contributed by atoms with Gasteiger partial charge in [0.1, 0.15) is 17.3 Å². The van der Waals surface area contributed by atoms with Crippen molar-refractivity contribution in [2.24, 2.45) is 5.92 Å². The number of halogens is 1. The molecule has 1 spiro atoms. The molecule has 0 unspecified atom stereocenters. The molecule has 11 heteroatoms. The van der Waals surface area contributed by atoms with Gasteiger partial charge in [0.25, 0.3) is 0 Å². The molecule has 0 bridgehead atoms. The number of carboxylic acid groups (broad SMARTS) is 1. The number of hydrogen-bond donors (Lipinski definition) is 3. The number of aliphatic hydroxyl groups is 1. The van der Waals surface area contributed by atoms with Crippen molar-refractivity contribution in [3.05, 3.63) is 53.6 Å². The minimum atomic E-state index is -1.04. The van der Waals surface area contributed by atoms with Gasteiger partial charge in [0.2, 0.25) is 11.8 Å². The molecule has 10 nitrogen and oxygen atoms in total. The number of nitrogens with zero attached hydrogens (tertiary/aromatic N) is 2. The molecule has 4 rings (SSSR count). The second-order valence-electron chi connectivity index (χ2n) is 11.6. The number of piperazine rings is 1. The maximum Gasteiger partial charge on any atom is 0.335 e. The van der Waals surface area contributed by atoms with Crippen LogP contribution < -0.4 is 14.8 Å². The van der Waals surface area contributed by atoms with Gasteiger partial charge in [-0.25, -0.2) is 4.79 Å². The highest BCUT2D eigenvalue weighted by Gasteiger charge is 2.55. The molecule has 2 aliphatic heterocycles. The minimum Gasteiger partial charge on any atom is -0.493 e. The molecule has 0 saturated carbocycles. The topological polar surface area (TPSA) is 129 Å². The van der Waals surface area contributed by atoms with Crippen LogP contribution in [0.5, 0.6) is 17.2 Å². The molecule has 44 heavy (non-hydrogen) atoms. The minimum absolute atomic E-state index is 0. The maximum atomic E-state index is 13.7. The number of carbonyl (C=O) groups is 3. The lowest BCUT2D eigenvalue weighted by molar-refractivity contribution is -0.165. The monoisotopic (exact) mass is 631 g/mol. The van der Waals surface area contributed by atoms with Crippen LogP contribution >= 0.6 is 12.4 Å². The summed E-state index contributed by atoms with van der Waals surface area (Å²) in [6.07, 6.45) is 3.38. The Morgan fingerprint density at radius 2 is 1.70 bits per heavy atom. The van der Waals surface area contributed by atoms with E-state index in [1.165, 1.54) is 19.2 Å². The predicted molar refractivity (Wildman–Crippen MR) is 170 cm³/mol. The summed E-state index contributed by atoms with van der Waals surface area (Å²) < 4.78 is 11.2. The highest BCUT2D eigenvalue weighted by molar-refractivity contribution is 6.00. The van der Waals surface area contributed by atoms with Crippen LogP contribution in [0.3, 0.4) is 0 Å². The summed E-state index contributed by atoms with van der Waals surface area (Å²) in [4.78, 5) is 42.7. The van der Waals surface area contributed by atoms with E-state index in [-0.39, 0.29) is 35.7 Å². The van der Waals surface area contributed by atoms with Crippen LogP contribution in [0.2, 0.25) is 0 Å². The van der Waals surface area contributed by atoms with Crippen molar-refractivity contribution >= 4 is 30.2 Å². The fourth-order valence-electron chi connectivity index (χ4n) is 6.27. The summed E-state index contributed by atoms with van der Waals surface area (Å²) in [6.45, 7) is 8.59. The lowest BCUT2D eigenvalue weighted by Crippen LogP contribution is -2.75. The molecule has 2 saturated heterocycles. The zero-order valence-electron chi connectivity index (χ0n) is 26.1. The zero-order valence-corrected chi connectivity index (χ0v) is 26.9. The van der Waals surface area contributed by atoms with E-state index in [2.05, 4.69) is 17.1 Å². The molecular weight excluding hydrogens is 586 g/mol. The Bertz CT molecular complexity index is 1280. The molecule has 2 atom stereocenters. The van der Waals surface area contributed by atoms with Gasteiger partial charge in [-0.1, -0.05) is 52.2 Å². The third kappa shape index (κ3) is 7.47. The first-order chi connectivity index (χ1) is 20.7. The van der Waals surface area contributed by atoms with E-state index >= 15 is 0 Å². The normalized spacial score (nSPS) is 19.0. The van der Waals surface area contributed by atoms with Crippen molar-refractivity contribution in [3.8, 4) is 17.2 Å². The first-order valence-electron chi connectivity index (χ1n) is 15.4. The number of carbonyl (C=O) groups excluding carboxylic acids is 2. The standard InChI is InChI=1S/C33H45N3O7.ClH/c1-5-8-17-36-30(38)28(29(37)23(6-2)7-3)34-32(41)33(36)15-18-35(19-16-33)21-22-9-12-25(13-10-22)43-26-14-11-24(31(39)40)20-27(26)42-4;/h9-14,20,23,28-29,37H,5-8,15-19,21H2,1-4H3,(H,34,41)(H,39,40);1H/t28-,29-;/m1./s1. The lowest BCUT2D eigenvalue weighted by Gasteiger charge is -2.52. The van der Waals surface area contributed by atoms with E-state index < -0.39 is 23.7 Å². The van der Waals surface area contributed by atoms with Crippen LogP contribution in [0, 0.1) is 5.92 Å². The molecule has 2 fully saturated rings. The summed E-state index contributed by atoms with van der Waals surface area (Å²) >= 11 is 0. The van der Waals surface area contributed by atoms with E-state index in [0.29, 0.717) is 56.3 Å². The number of aromatic carboxylic acids is 1. The van der Waals surface area contributed by atoms with Gasteiger partial charge in [0.15, 0.2) is 11.5 Å². The number of aliphatic hydroxyl groups excluding tert-OH is 1. The molecule has 2 aromatic rings. The molecule has 2 heterocycles. The number of carboxylic acids is 1. The van der Waals surface area contributed by atoms with E-state index in [4.69, 9.17) is 9.47 Å². The molecule has 2 aliphatic rings. The second-order valence-corrected chi connectivity index (χ2v) is 11.6. The van der Waals surface area contributed by atoms with Crippen LogP contribution in [0.25, 0.3) is 0 Å². The Labute approximate surface area is 266 Å². The first-order valence-corrected chi connectivity index (χ1v) is 15.4. The van der Waals surface area contributed by atoms with Gasteiger partial charge in [0, 0.05) is 26.2 Å². The molecule has 3 N–H and O–H groups in total. The van der Waals surface area contributed by atoms with Crippen molar-refractivity contribution in [3.63, 3.8) is 0 Å². The summed E-state index contributed by atoms with van der Waals surface area (Å²) in [6, 6.07) is 11.2. The number of ether oxygens (including phenoxy) is 2. The average molecular weight is 632 g/mol. The van der Waals surface area contributed by atoms with Gasteiger partial charge in [-0.05, 0) is 61.1 Å². The Morgan fingerprint density at radius 1 is 1.05 bits per heavy atom. The number of unbranched alkanes of at least 4 members (excludes halogenated alkanes) is 1. The van der Waals surface area contributed by atoms with Gasteiger partial charge in [0.05, 0.1) is 18.8 Å². The number of piperidine rings is 1. The molecule has 0 aliphatic carbocycles. The summed E-state index contributed by atoms with van der Waals surface area (Å²) in [7, 11) is 1.46. The number of benzene rings is 2. The van der Waals surface area contributed by atoms with Crippen LogP contribution in [0.1, 0.15) is 75.2 Å². The van der Waals surface area contributed by atoms with Crippen LogP contribution in [-0.2, 0) is 16.1 Å². The highest BCUT2D eigenvalue weighted by Crippen LogP contribution is 2.36. The Morgan fingerprint density at radius 3 is 2.27 bits per heavy atom. The van der Waals surface area contributed by atoms with Crippen LogP contribution in [0.4, 0.5) is 0 Å². The highest BCUT2D eigenvalue weighted by atomic mass is 35.5. The van der Waals surface area contributed by atoms with Gasteiger partial charge in [-0.2, -0.15) is 0 Å². The Hall–Kier alpha value is -3.34. The maximum absolute atomic E-state index is 13.7. The van der Waals surface area contributed by atoms with Gasteiger partial charge < -0.3 is 29.9 Å². The number of hydrogen-bond acceptors (Lipinski definition) is 7. The van der Waals surface area contributed by atoms with E-state index in [9.17, 15) is 24.6 Å².